The van der Waals surface area contributed by atoms with E-state index < -0.39 is 6.03 Å². The van der Waals surface area contributed by atoms with Crippen LogP contribution in [0.5, 0.6) is 0 Å². The fourth-order valence-corrected chi connectivity index (χ4v) is 5.00. The highest BCUT2D eigenvalue weighted by atomic mass is 16.2. The van der Waals surface area contributed by atoms with Gasteiger partial charge >= 0.3 is 6.03 Å². The lowest BCUT2D eigenvalue weighted by Crippen LogP contribution is -2.31. The minimum absolute atomic E-state index is 0.0126. The average molecular weight is 554 g/mol. The maximum Gasteiger partial charge on any atom is 0.332 e. The third-order valence-corrected chi connectivity index (χ3v) is 7.57. The van der Waals surface area contributed by atoms with Gasteiger partial charge in [-0.25, -0.2) is 34.7 Å². The number of anilines is 3. The monoisotopic (exact) mass is 553 g/mol. The normalized spacial score (nSPS) is 20.1. The lowest BCUT2D eigenvalue weighted by molar-refractivity contribution is -0.124. The van der Waals surface area contributed by atoms with Crippen LogP contribution in [0.15, 0.2) is 37.1 Å². The molecule has 0 unspecified atom stereocenters. The molecule has 5 heterocycles. The van der Waals surface area contributed by atoms with Crippen LogP contribution >= 0.6 is 0 Å². The van der Waals surface area contributed by atoms with Crippen molar-refractivity contribution in [1.82, 2.24) is 39.2 Å². The Hall–Kier alpha value is -5.01. The zero-order valence-corrected chi connectivity index (χ0v) is 22.5. The van der Waals surface area contributed by atoms with Crippen molar-refractivity contribution in [2.24, 2.45) is 5.92 Å². The van der Waals surface area contributed by atoms with Crippen LogP contribution < -0.4 is 15.5 Å². The van der Waals surface area contributed by atoms with Gasteiger partial charge in [0.2, 0.25) is 5.91 Å². The Morgan fingerprint density at radius 2 is 1.90 bits per heavy atom. The van der Waals surface area contributed by atoms with E-state index in [1.54, 1.807) is 12.3 Å². The van der Waals surface area contributed by atoms with E-state index in [1.165, 1.54) is 18.3 Å². The molecule has 7 rings (SSSR count). The van der Waals surface area contributed by atoms with Gasteiger partial charge in [0, 0.05) is 55.2 Å². The number of aromatic nitrogens is 7. The van der Waals surface area contributed by atoms with E-state index in [0.717, 1.165) is 29.1 Å². The molecule has 2 N–H and O–H groups in total. The van der Waals surface area contributed by atoms with Crippen LogP contribution in [0.2, 0.25) is 0 Å². The molecule has 0 radical (unpaired) electrons. The van der Waals surface area contributed by atoms with Gasteiger partial charge in [-0.2, -0.15) is 0 Å². The molecule has 1 saturated heterocycles. The first-order chi connectivity index (χ1) is 19.8. The van der Waals surface area contributed by atoms with Gasteiger partial charge in [-0.05, 0) is 32.3 Å². The molecular formula is C27H27N11O3. The molecule has 208 valence electrons. The van der Waals surface area contributed by atoms with E-state index in [9.17, 15) is 14.4 Å². The highest BCUT2D eigenvalue weighted by molar-refractivity contribution is 6.12. The van der Waals surface area contributed by atoms with E-state index >= 15 is 0 Å². The molecule has 0 spiro atoms. The molecule has 2 saturated carbocycles. The number of imidazole rings is 1. The van der Waals surface area contributed by atoms with Crippen LogP contribution in [0, 0.1) is 12.8 Å². The number of imide groups is 1. The fraction of sp³-hybridized carbons (Fsp3) is 0.370. The Morgan fingerprint density at radius 1 is 1.07 bits per heavy atom. The number of likely N-dealkylation sites (N-methyl/N-ethyl adjacent to an activating group) is 1. The van der Waals surface area contributed by atoms with Gasteiger partial charge < -0.3 is 15.0 Å². The van der Waals surface area contributed by atoms with Crippen LogP contribution in [-0.4, -0.2) is 70.6 Å². The topological polar surface area (TPSA) is 164 Å². The Bertz CT molecular complexity index is 1720. The van der Waals surface area contributed by atoms with E-state index in [2.05, 4.69) is 30.6 Å². The van der Waals surface area contributed by atoms with Crippen molar-refractivity contribution in [3.63, 3.8) is 0 Å². The quantitative estimate of drug-likeness (QED) is 0.309. The molecule has 0 aromatic carbocycles. The number of urea groups is 1. The summed E-state index contributed by atoms with van der Waals surface area (Å²) in [4.78, 5) is 66.8. The molecule has 2 aliphatic carbocycles. The maximum atomic E-state index is 12.8. The van der Waals surface area contributed by atoms with Gasteiger partial charge in [0.05, 0.1) is 17.9 Å². The summed E-state index contributed by atoms with van der Waals surface area (Å²) in [5.41, 5.74) is 2.94. The number of amides is 4. The van der Waals surface area contributed by atoms with Crippen LogP contribution in [0.25, 0.3) is 5.65 Å². The second kappa shape index (κ2) is 9.57. The van der Waals surface area contributed by atoms with Gasteiger partial charge in [-0.3, -0.25) is 19.4 Å². The third-order valence-electron chi connectivity index (χ3n) is 7.57. The van der Waals surface area contributed by atoms with Crippen molar-refractivity contribution in [2.75, 3.05) is 29.1 Å². The first kappa shape index (κ1) is 25.0. The van der Waals surface area contributed by atoms with Crippen molar-refractivity contribution >= 4 is 40.9 Å². The number of hydrogen-bond acceptors (Lipinski definition) is 10. The molecule has 41 heavy (non-hydrogen) atoms. The highest BCUT2D eigenvalue weighted by Gasteiger charge is 2.46. The lowest BCUT2D eigenvalue weighted by atomic mass is 10.2. The first-order valence-corrected chi connectivity index (χ1v) is 13.5. The van der Waals surface area contributed by atoms with Crippen molar-refractivity contribution in [3.8, 4) is 0 Å². The Kier molecular flexibility index (Phi) is 5.83. The molecule has 0 bridgehead atoms. The molecule has 4 amide bonds. The number of carbonyl (C=O) groups is 3. The maximum absolute atomic E-state index is 12.8. The third kappa shape index (κ3) is 4.81. The number of nitrogens with one attached hydrogen (secondary N) is 2. The predicted molar refractivity (Wildman–Crippen MR) is 146 cm³/mol. The molecule has 4 aromatic rings. The summed E-state index contributed by atoms with van der Waals surface area (Å²) in [5, 5.41) is 6.09. The zero-order chi connectivity index (χ0) is 28.2. The van der Waals surface area contributed by atoms with Gasteiger partial charge in [0.25, 0.3) is 5.91 Å². The van der Waals surface area contributed by atoms with Gasteiger partial charge in [0.1, 0.15) is 30.3 Å². The largest absolute Gasteiger partial charge is 0.364 e. The van der Waals surface area contributed by atoms with Gasteiger partial charge in [-0.1, -0.05) is 0 Å². The Morgan fingerprint density at radius 3 is 2.66 bits per heavy atom. The van der Waals surface area contributed by atoms with E-state index in [4.69, 9.17) is 9.97 Å². The first-order valence-electron chi connectivity index (χ1n) is 13.5. The average Bonchev–Trinajstić information content (AvgIpc) is 3.89. The summed E-state index contributed by atoms with van der Waals surface area (Å²) in [7, 11) is 1.47. The number of hydrogen-bond donors (Lipinski definition) is 2. The van der Waals surface area contributed by atoms with Crippen LogP contribution in [0.3, 0.4) is 0 Å². The molecular weight excluding hydrogens is 526 g/mol. The predicted octanol–water partition coefficient (Wildman–Crippen LogP) is 2.25. The van der Waals surface area contributed by atoms with E-state index in [-0.39, 0.29) is 30.2 Å². The summed E-state index contributed by atoms with van der Waals surface area (Å²) < 4.78 is 1.86. The molecule has 4 aromatic heterocycles. The van der Waals surface area contributed by atoms with Crippen molar-refractivity contribution in [1.29, 1.82) is 0 Å². The summed E-state index contributed by atoms with van der Waals surface area (Å²) >= 11 is 0. The highest BCUT2D eigenvalue weighted by Crippen LogP contribution is 2.46. The number of nitrogens with zero attached hydrogens (tertiary/aromatic N) is 9. The minimum Gasteiger partial charge on any atom is -0.364 e. The lowest BCUT2D eigenvalue weighted by Gasteiger charge is -2.15. The number of rotatable bonds is 8. The van der Waals surface area contributed by atoms with Crippen molar-refractivity contribution in [2.45, 2.75) is 44.6 Å². The van der Waals surface area contributed by atoms with E-state index in [0.29, 0.717) is 53.5 Å². The Labute approximate surface area is 234 Å². The van der Waals surface area contributed by atoms with E-state index in [1.807, 2.05) is 29.8 Å². The molecule has 14 nitrogen and oxygen atoms in total. The van der Waals surface area contributed by atoms with Crippen molar-refractivity contribution < 1.29 is 14.4 Å². The van der Waals surface area contributed by atoms with Gasteiger partial charge in [-0.15, -0.1) is 0 Å². The molecule has 1 aliphatic heterocycles. The minimum atomic E-state index is -0.417. The summed E-state index contributed by atoms with van der Waals surface area (Å²) in [5.74, 6) is 1.73. The van der Waals surface area contributed by atoms with Crippen LogP contribution in [0.4, 0.5) is 22.2 Å². The summed E-state index contributed by atoms with van der Waals surface area (Å²) in [6.45, 7) is 2.16. The summed E-state index contributed by atoms with van der Waals surface area (Å²) in [6.07, 6.45) is 9.69. The molecule has 2 atom stereocenters. The smallest absolute Gasteiger partial charge is 0.332 e. The number of fused-ring (bicyclic) bond motifs is 1. The van der Waals surface area contributed by atoms with Crippen LogP contribution in [0.1, 0.15) is 54.0 Å². The summed E-state index contributed by atoms with van der Waals surface area (Å²) in [6, 6.07) is 3.08. The zero-order valence-electron chi connectivity index (χ0n) is 22.5. The number of carbonyl (C=O) groups excluding carboxylic acids is 3. The Balaban J connectivity index is 1.05. The van der Waals surface area contributed by atoms with Crippen LogP contribution in [-0.2, 0) is 16.1 Å². The molecule has 3 fully saturated rings. The fourth-order valence-electron chi connectivity index (χ4n) is 5.00. The number of aryl methyl sites for hydroxylation is 1. The second-order valence-corrected chi connectivity index (χ2v) is 10.7. The van der Waals surface area contributed by atoms with Crippen molar-refractivity contribution in [3.05, 3.63) is 60.0 Å². The molecule has 3 aliphatic rings. The molecule has 14 heteroatoms. The van der Waals surface area contributed by atoms with Gasteiger partial charge in [0.15, 0.2) is 11.5 Å². The SMILES string of the molecule is Cc1ccnc([C@H]2C[C@@H]2C(=O)Nc2cc(NCc3cn4cc(C5CC5)nc(N5CC(=O)N(C)C5=O)c4n3)ncn2)n1. The second-order valence-electron chi connectivity index (χ2n) is 10.7. The standard InChI is InChI=1S/C27H27N11O3/c1-14-5-6-28-23(32-14)17-7-18(17)26(40)35-21-8-20(30-13-31-21)29-9-16-10-37-11-19(15-3-4-15)34-25(24(37)33-16)38-12-22(39)36(2)27(38)41/h5-6,8,10-11,13,15,17-18H,3-4,7,9,12H2,1-2H3,(H2,29,30,31,35,40)/t17-,18-/m0/s1.